The predicted molar refractivity (Wildman–Crippen MR) is 96.6 cm³/mol. The third-order valence-electron chi connectivity index (χ3n) is 3.97. The quantitative estimate of drug-likeness (QED) is 0.564. The van der Waals surface area contributed by atoms with Crippen LogP contribution in [0.4, 0.5) is 0 Å². The van der Waals surface area contributed by atoms with Crippen molar-refractivity contribution in [2.24, 2.45) is 0 Å². The van der Waals surface area contributed by atoms with Crippen molar-refractivity contribution in [3.63, 3.8) is 0 Å². The molecule has 1 atom stereocenters. The monoisotopic (exact) mass is 327 g/mol. The van der Waals surface area contributed by atoms with Gasteiger partial charge in [0.15, 0.2) is 12.2 Å². The second kappa shape index (κ2) is 6.67. The maximum absolute atomic E-state index is 12.8. The van der Waals surface area contributed by atoms with Crippen LogP contribution in [0.15, 0.2) is 46.3 Å². The highest BCUT2D eigenvalue weighted by Gasteiger charge is 2.22. The van der Waals surface area contributed by atoms with Crippen molar-refractivity contribution >= 4 is 13.9 Å². The van der Waals surface area contributed by atoms with Gasteiger partial charge in [-0.2, -0.15) is 0 Å². The largest absolute Gasteiger partial charge is 0.440 e. The Bertz CT molecular complexity index is 738. The van der Waals surface area contributed by atoms with E-state index < -0.39 is 8.07 Å². The van der Waals surface area contributed by atoms with Crippen molar-refractivity contribution in [2.45, 2.75) is 46.3 Å². The molecule has 1 heterocycles. The molecule has 1 aromatic heterocycles. The molecule has 2 aromatic rings. The summed E-state index contributed by atoms with van der Waals surface area (Å²) >= 11 is 0. The van der Waals surface area contributed by atoms with Gasteiger partial charge in [-0.1, -0.05) is 62.1 Å². The number of oxazole rings is 1. The van der Waals surface area contributed by atoms with E-state index in [0.29, 0.717) is 17.0 Å². The van der Waals surface area contributed by atoms with Crippen molar-refractivity contribution in [1.82, 2.24) is 4.98 Å². The van der Waals surface area contributed by atoms with E-state index >= 15 is 0 Å². The molecule has 1 aromatic carbocycles. The number of allylic oxidation sites excluding steroid dienone is 1. The normalized spacial score (nSPS) is 13.9. The molecular formula is C19H25NO2Si. The number of nitrogens with zero attached hydrogens (tertiary/aromatic N) is 1. The van der Waals surface area contributed by atoms with Crippen molar-refractivity contribution in [3.8, 4) is 0 Å². The van der Waals surface area contributed by atoms with Gasteiger partial charge in [-0.05, 0) is 19.4 Å². The average molecular weight is 328 g/mol. The molecule has 0 aliphatic heterocycles. The van der Waals surface area contributed by atoms with Crippen LogP contribution >= 0.6 is 0 Å². The lowest BCUT2D eigenvalue weighted by atomic mass is 9.89. The SMILES string of the molecule is C/C(=C\[Si](C)(C)C)C(C)c1ccccc1C(=O)c1ocnc1C. The molecule has 0 fully saturated rings. The van der Waals surface area contributed by atoms with E-state index in [-0.39, 0.29) is 11.7 Å². The third kappa shape index (κ3) is 4.08. The summed E-state index contributed by atoms with van der Waals surface area (Å²) in [6.07, 6.45) is 1.32. The molecule has 0 aliphatic rings. The Labute approximate surface area is 139 Å². The third-order valence-corrected chi connectivity index (χ3v) is 5.29. The maximum Gasteiger partial charge on any atom is 0.230 e. The first kappa shape index (κ1) is 17.4. The molecule has 23 heavy (non-hydrogen) atoms. The van der Waals surface area contributed by atoms with Crippen LogP contribution in [-0.4, -0.2) is 18.8 Å². The van der Waals surface area contributed by atoms with Gasteiger partial charge in [-0.3, -0.25) is 4.79 Å². The van der Waals surface area contributed by atoms with Gasteiger partial charge >= 0.3 is 0 Å². The standard InChI is InChI=1S/C19H25NO2Si/c1-13(11-23(4,5)6)14(2)16-9-7-8-10-17(16)18(21)19-15(3)20-12-22-19/h7-12,14H,1-6H3/b13-11+. The zero-order valence-corrected chi connectivity index (χ0v) is 15.8. The minimum absolute atomic E-state index is 0.0942. The summed E-state index contributed by atoms with van der Waals surface area (Å²) in [5, 5.41) is 0. The van der Waals surface area contributed by atoms with Crippen molar-refractivity contribution in [1.29, 1.82) is 0 Å². The first-order valence-corrected chi connectivity index (χ1v) is 11.5. The van der Waals surface area contributed by atoms with Gasteiger partial charge in [0.2, 0.25) is 5.78 Å². The number of rotatable bonds is 5. The van der Waals surface area contributed by atoms with Gasteiger partial charge in [0.05, 0.1) is 13.8 Å². The molecule has 0 saturated heterocycles. The van der Waals surface area contributed by atoms with Gasteiger partial charge < -0.3 is 4.42 Å². The van der Waals surface area contributed by atoms with Crippen LogP contribution in [0.1, 0.15) is 47.1 Å². The van der Waals surface area contributed by atoms with Gasteiger partial charge in [-0.25, -0.2) is 4.98 Å². The van der Waals surface area contributed by atoms with Crippen LogP contribution in [0.25, 0.3) is 0 Å². The van der Waals surface area contributed by atoms with Gasteiger partial charge in [0.25, 0.3) is 0 Å². The molecule has 0 radical (unpaired) electrons. The topological polar surface area (TPSA) is 43.1 Å². The van der Waals surface area contributed by atoms with E-state index in [4.69, 9.17) is 4.42 Å². The Kier molecular flexibility index (Phi) is 5.05. The van der Waals surface area contributed by atoms with Gasteiger partial charge in [-0.15, -0.1) is 0 Å². The Hall–Kier alpha value is -1.94. The fourth-order valence-corrected chi connectivity index (χ4v) is 4.39. The molecular weight excluding hydrogens is 302 g/mol. The minimum Gasteiger partial charge on any atom is -0.440 e. The molecule has 4 heteroatoms. The summed E-state index contributed by atoms with van der Waals surface area (Å²) in [5.41, 5.74) is 6.09. The van der Waals surface area contributed by atoms with E-state index in [1.165, 1.54) is 12.0 Å². The summed E-state index contributed by atoms with van der Waals surface area (Å²) in [6, 6.07) is 7.79. The van der Waals surface area contributed by atoms with Gasteiger partial charge in [0.1, 0.15) is 0 Å². The second-order valence-corrected chi connectivity index (χ2v) is 12.2. The molecule has 0 aliphatic carbocycles. The highest BCUT2D eigenvalue weighted by Crippen LogP contribution is 2.29. The number of hydrogen-bond donors (Lipinski definition) is 0. The fourth-order valence-electron chi connectivity index (χ4n) is 2.78. The molecule has 3 nitrogen and oxygen atoms in total. The Balaban J connectivity index is 2.44. The Morgan fingerprint density at radius 3 is 2.48 bits per heavy atom. The number of hydrogen-bond acceptors (Lipinski definition) is 3. The maximum atomic E-state index is 12.8. The zero-order chi connectivity index (χ0) is 17.2. The molecule has 0 bridgehead atoms. The van der Waals surface area contributed by atoms with E-state index in [1.54, 1.807) is 6.92 Å². The predicted octanol–water partition coefficient (Wildman–Crippen LogP) is 5.14. The van der Waals surface area contributed by atoms with Crippen LogP contribution in [0.3, 0.4) is 0 Å². The lowest BCUT2D eigenvalue weighted by Crippen LogP contribution is -2.18. The number of aryl methyl sites for hydroxylation is 1. The summed E-state index contributed by atoms with van der Waals surface area (Å²) < 4.78 is 5.29. The van der Waals surface area contributed by atoms with Crippen molar-refractivity contribution in [2.75, 3.05) is 0 Å². The lowest BCUT2D eigenvalue weighted by Gasteiger charge is -2.20. The molecule has 0 amide bonds. The van der Waals surface area contributed by atoms with Crippen molar-refractivity contribution in [3.05, 3.63) is 64.5 Å². The zero-order valence-electron chi connectivity index (χ0n) is 14.8. The second-order valence-electron chi connectivity index (χ2n) is 7.16. The molecule has 2 rings (SSSR count). The van der Waals surface area contributed by atoms with Crippen LogP contribution in [0.5, 0.6) is 0 Å². The highest BCUT2D eigenvalue weighted by atomic mass is 28.3. The molecule has 0 spiro atoms. The number of aromatic nitrogens is 1. The van der Waals surface area contributed by atoms with Crippen LogP contribution in [-0.2, 0) is 0 Å². The molecule has 0 saturated carbocycles. The van der Waals surface area contributed by atoms with E-state index in [9.17, 15) is 4.79 Å². The van der Waals surface area contributed by atoms with E-state index in [2.05, 4.69) is 44.2 Å². The van der Waals surface area contributed by atoms with Gasteiger partial charge in [0, 0.05) is 11.5 Å². The number of carbonyl (C=O) groups is 1. The summed E-state index contributed by atoms with van der Waals surface area (Å²) in [4.78, 5) is 16.8. The Morgan fingerprint density at radius 2 is 1.91 bits per heavy atom. The van der Waals surface area contributed by atoms with E-state index in [1.807, 2.05) is 24.3 Å². The Morgan fingerprint density at radius 1 is 1.26 bits per heavy atom. The molecule has 0 N–H and O–H groups in total. The molecule has 1 unspecified atom stereocenters. The van der Waals surface area contributed by atoms with E-state index in [0.717, 1.165) is 5.56 Å². The smallest absolute Gasteiger partial charge is 0.230 e. The summed E-state index contributed by atoms with van der Waals surface area (Å²) in [7, 11) is -1.30. The summed E-state index contributed by atoms with van der Waals surface area (Å²) in [5.74, 6) is 0.435. The first-order chi connectivity index (χ1) is 10.7. The van der Waals surface area contributed by atoms with Crippen LogP contribution in [0.2, 0.25) is 19.6 Å². The highest BCUT2D eigenvalue weighted by molar-refractivity contribution is 6.81. The molecule has 122 valence electrons. The summed E-state index contributed by atoms with van der Waals surface area (Å²) in [6.45, 7) is 13.1. The number of carbonyl (C=O) groups excluding carboxylic acids is 1. The lowest BCUT2D eigenvalue weighted by molar-refractivity contribution is 0.101. The van der Waals surface area contributed by atoms with Crippen molar-refractivity contribution < 1.29 is 9.21 Å². The number of ketones is 1. The number of benzene rings is 1. The minimum atomic E-state index is -1.30. The average Bonchev–Trinajstić information content (AvgIpc) is 2.90. The van der Waals surface area contributed by atoms with Crippen LogP contribution in [0, 0.1) is 6.92 Å². The first-order valence-electron chi connectivity index (χ1n) is 7.94. The van der Waals surface area contributed by atoms with Crippen LogP contribution < -0.4 is 0 Å². The fraction of sp³-hybridized carbons (Fsp3) is 0.368.